The van der Waals surface area contributed by atoms with Crippen LogP contribution in [-0.4, -0.2) is 48.3 Å². The van der Waals surface area contributed by atoms with E-state index in [0.29, 0.717) is 18.7 Å². The van der Waals surface area contributed by atoms with E-state index < -0.39 is 0 Å². The van der Waals surface area contributed by atoms with E-state index in [1.54, 1.807) is 0 Å². The first-order valence-corrected chi connectivity index (χ1v) is 9.99. The molecular weight excluding hydrogens is 366 g/mol. The molecule has 6 heteroatoms. The van der Waals surface area contributed by atoms with Crippen molar-refractivity contribution in [1.82, 2.24) is 10.3 Å². The number of hydrogen-bond acceptors (Lipinski definition) is 5. The molecule has 0 aliphatic carbocycles. The summed E-state index contributed by atoms with van der Waals surface area (Å²) in [6.07, 6.45) is 1.95. The highest BCUT2D eigenvalue weighted by molar-refractivity contribution is 6.07. The summed E-state index contributed by atoms with van der Waals surface area (Å²) in [4.78, 5) is 19.8. The van der Waals surface area contributed by atoms with E-state index >= 15 is 0 Å². The van der Waals surface area contributed by atoms with Gasteiger partial charge in [0.05, 0.1) is 30.3 Å². The predicted molar refractivity (Wildman–Crippen MR) is 113 cm³/mol. The zero-order chi connectivity index (χ0) is 20.1. The van der Waals surface area contributed by atoms with Gasteiger partial charge in [-0.15, -0.1) is 0 Å². The van der Waals surface area contributed by atoms with Gasteiger partial charge in [0.2, 0.25) is 0 Å². The second-order valence-corrected chi connectivity index (χ2v) is 7.13. The number of hydrogen-bond donors (Lipinski definition) is 2. The minimum atomic E-state index is -0.152. The van der Waals surface area contributed by atoms with Crippen molar-refractivity contribution in [2.45, 2.75) is 18.9 Å². The fourth-order valence-corrected chi connectivity index (χ4v) is 3.77. The van der Waals surface area contributed by atoms with Crippen LogP contribution in [0.1, 0.15) is 23.2 Å². The molecule has 1 fully saturated rings. The lowest BCUT2D eigenvalue weighted by Gasteiger charge is -2.25. The highest BCUT2D eigenvalue weighted by Gasteiger charge is 2.26. The van der Waals surface area contributed by atoms with E-state index in [4.69, 9.17) is 9.72 Å². The van der Waals surface area contributed by atoms with Gasteiger partial charge in [0.25, 0.3) is 5.91 Å². The first kappa shape index (κ1) is 19.2. The number of para-hydroxylation sites is 2. The standard InChI is InChI=1S/C23H25N3O3/c27-16-17-7-6-13-26(17)22-15-20(19-10-4-5-11-21(19)25-22)23(28)24-12-14-29-18-8-2-1-3-9-18/h1-5,8-11,15,17,27H,6-7,12-14,16H2,(H,24,28). The molecule has 0 radical (unpaired) electrons. The van der Waals surface area contributed by atoms with E-state index in [0.717, 1.165) is 41.9 Å². The van der Waals surface area contributed by atoms with Gasteiger partial charge in [-0.3, -0.25) is 4.79 Å². The summed E-state index contributed by atoms with van der Waals surface area (Å²) >= 11 is 0. The zero-order valence-corrected chi connectivity index (χ0v) is 16.3. The fraction of sp³-hybridized carbons (Fsp3) is 0.304. The molecule has 1 aliphatic rings. The Balaban J connectivity index is 1.51. The second kappa shape index (κ2) is 8.92. The number of pyridine rings is 1. The van der Waals surface area contributed by atoms with E-state index in [1.165, 1.54) is 0 Å². The van der Waals surface area contributed by atoms with Crippen LogP contribution in [0.2, 0.25) is 0 Å². The number of amides is 1. The lowest BCUT2D eigenvalue weighted by molar-refractivity contribution is 0.0948. The van der Waals surface area contributed by atoms with Gasteiger partial charge in [-0.05, 0) is 37.1 Å². The first-order valence-electron chi connectivity index (χ1n) is 9.99. The van der Waals surface area contributed by atoms with Gasteiger partial charge in [0, 0.05) is 11.9 Å². The van der Waals surface area contributed by atoms with Gasteiger partial charge in [-0.2, -0.15) is 0 Å². The number of aliphatic hydroxyl groups excluding tert-OH is 1. The van der Waals surface area contributed by atoms with Crippen LogP contribution in [-0.2, 0) is 0 Å². The van der Waals surface area contributed by atoms with E-state index in [9.17, 15) is 9.90 Å². The Kier molecular flexibility index (Phi) is 5.91. The highest BCUT2D eigenvalue weighted by Crippen LogP contribution is 2.28. The Morgan fingerprint density at radius 3 is 2.79 bits per heavy atom. The number of carbonyl (C=O) groups is 1. The Bertz CT molecular complexity index is 978. The van der Waals surface area contributed by atoms with Crippen LogP contribution in [0.25, 0.3) is 10.9 Å². The third kappa shape index (κ3) is 4.32. The number of nitrogens with one attached hydrogen (secondary N) is 1. The lowest BCUT2D eigenvalue weighted by Crippen LogP contribution is -2.33. The molecule has 2 heterocycles. The molecule has 1 unspecified atom stereocenters. The van der Waals surface area contributed by atoms with Crippen LogP contribution in [0.4, 0.5) is 5.82 Å². The number of fused-ring (bicyclic) bond motifs is 1. The summed E-state index contributed by atoms with van der Waals surface area (Å²) in [5, 5.41) is 13.4. The molecule has 2 aromatic carbocycles. The summed E-state index contributed by atoms with van der Waals surface area (Å²) in [7, 11) is 0. The summed E-state index contributed by atoms with van der Waals surface area (Å²) < 4.78 is 5.65. The van der Waals surface area contributed by atoms with E-state index in [-0.39, 0.29) is 18.6 Å². The van der Waals surface area contributed by atoms with Crippen molar-refractivity contribution in [1.29, 1.82) is 0 Å². The van der Waals surface area contributed by atoms with Crippen LogP contribution in [0.3, 0.4) is 0 Å². The minimum Gasteiger partial charge on any atom is -0.492 e. The molecule has 1 saturated heterocycles. The van der Waals surface area contributed by atoms with Gasteiger partial charge < -0.3 is 20.1 Å². The summed E-state index contributed by atoms with van der Waals surface area (Å²) in [6.45, 7) is 1.72. The summed E-state index contributed by atoms with van der Waals surface area (Å²) in [5.41, 5.74) is 1.37. The second-order valence-electron chi connectivity index (χ2n) is 7.13. The Hall–Kier alpha value is -3.12. The van der Waals surface area contributed by atoms with Crippen molar-refractivity contribution >= 4 is 22.6 Å². The molecule has 29 heavy (non-hydrogen) atoms. The van der Waals surface area contributed by atoms with Crippen LogP contribution in [0.15, 0.2) is 60.7 Å². The van der Waals surface area contributed by atoms with Gasteiger partial charge >= 0.3 is 0 Å². The maximum Gasteiger partial charge on any atom is 0.252 e. The number of carbonyl (C=O) groups excluding carboxylic acids is 1. The van der Waals surface area contributed by atoms with Crippen molar-refractivity contribution < 1.29 is 14.6 Å². The number of nitrogens with zero attached hydrogens (tertiary/aromatic N) is 2. The van der Waals surface area contributed by atoms with Gasteiger partial charge in [0.15, 0.2) is 0 Å². The third-order valence-corrected chi connectivity index (χ3v) is 5.23. The van der Waals surface area contributed by atoms with Crippen molar-refractivity contribution in [3.63, 3.8) is 0 Å². The zero-order valence-electron chi connectivity index (χ0n) is 16.3. The average molecular weight is 391 g/mol. The molecule has 1 atom stereocenters. The fourth-order valence-electron chi connectivity index (χ4n) is 3.77. The Morgan fingerprint density at radius 2 is 1.97 bits per heavy atom. The lowest BCUT2D eigenvalue weighted by atomic mass is 10.1. The molecule has 1 aliphatic heterocycles. The quantitative estimate of drug-likeness (QED) is 0.606. The van der Waals surface area contributed by atoms with Crippen LogP contribution >= 0.6 is 0 Å². The van der Waals surface area contributed by atoms with Crippen LogP contribution < -0.4 is 15.0 Å². The highest BCUT2D eigenvalue weighted by atomic mass is 16.5. The maximum atomic E-state index is 12.9. The van der Waals surface area contributed by atoms with E-state index in [1.807, 2.05) is 60.7 Å². The number of rotatable bonds is 7. The molecule has 4 rings (SSSR count). The first-order chi connectivity index (χ1) is 14.3. The van der Waals surface area contributed by atoms with Gasteiger partial charge in [-0.1, -0.05) is 36.4 Å². The molecule has 3 aromatic rings. The molecule has 2 N–H and O–H groups in total. The smallest absolute Gasteiger partial charge is 0.252 e. The van der Waals surface area contributed by atoms with Crippen LogP contribution in [0.5, 0.6) is 5.75 Å². The normalized spacial score (nSPS) is 16.2. The molecule has 1 amide bonds. The number of anilines is 1. The van der Waals surface area contributed by atoms with Crippen LogP contribution in [0, 0.1) is 0 Å². The Morgan fingerprint density at radius 1 is 1.17 bits per heavy atom. The number of benzene rings is 2. The van der Waals surface area contributed by atoms with Gasteiger partial charge in [0.1, 0.15) is 18.2 Å². The molecule has 150 valence electrons. The van der Waals surface area contributed by atoms with E-state index in [2.05, 4.69) is 10.2 Å². The predicted octanol–water partition coefficient (Wildman–Crippen LogP) is 3.00. The number of ether oxygens (including phenoxy) is 1. The summed E-state index contributed by atoms with van der Waals surface area (Å²) in [6, 6.07) is 19.1. The van der Waals surface area contributed by atoms with Crippen molar-refractivity contribution in [3.05, 3.63) is 66.2 Å². The molecule has 6 nitrogen and oxygen atoms in total. The van der Waals surface area contributed by atoms with Gasteiger partial charge in [-0.25, -0.2) is 4.98 Å². The van der Waals surface area contributed by atoms with Crippen molar-refractivity contribution in [2.75, 3.05) is 31.2 Å². The molecule has 0 spiro atoms. The third-order valence-electron chi connectivity index (χ3n) is 5.23. The van der Waals surface area contributed by atoms with Crippen molar-refractivity contribution in [2.24, 2.45) is 0 Å². The molecule has 0 bridgehead atoms. The minimum absolute atomic E-state index is 0.0545. The Labute approximate surface area is 170 Å². The summed E-state index contributed by atoms with van der Waals surface area (Å²) in [5.74, 6) is 1.37. The molecule has 1 aromatic heterocycles. The largest absolute Gasteiger partial charge is 0.492 e. The maximum absolute atomic E-state index is 12.9. The molecule has 0 saturated carbocycles. The molecular formula is C23H25N3O3. The number of aliphatic hydroxyl groups is 1. The number of aromatic nitrogens is 1. The monoisotopic (exact) mass is 391 g/mol. The average Bonchev–Trinajstić information content (AvgIpc) is 3.25. The SMILES string of the molecule is O=C(NCCOc1ccccc1)c1cc(N2CCCC2CO)nc2ccccc12. The van der Waals surface area contributed by atoms with Crippen molar-refractivity contribution in [3.8, 4) is 5.75 Å². The topological polar surface area (TPSA) is 74.7 Å².